The minimum Gasteiger partial charge on any atom is -0.482 e. The molecule has 0 aliphatic heterocycles. The number of fused-ring (bicyclic) bond motifs is 1. The molecule has 0 saturated carbocycles. The molecule has 28 heavy (non-hydrogen) atoms. The van der Waals surface area contributed by atoms with Gasteiger partial charge in [0.2, 0.25) is 5.88 Å². The van der Waals surface area contributed by atoms with Gasteiger partial charge in [0.15, 0.2) is 6.61 Å². The Kier molecular flexibility index (Phi) is 5.90. The van der Waals surface area contributed by atoms with Gasteiger partial charge in [-0.05, 0) is 43.3 Å². The molecule has 0 atom stereocenters. The summed E-state index contributed by atoms with van der Waals surface area (Å²) in [5, 5.41) is 12.1. The molecule has 0 saturated heterocycles. The minimum atomic E-state index is -0.488. The number of carbonyl (C=O) groups excluding carboxylic acids is 1. The van der Waals surface area contributed by atoms with Gasteiger partial charge in [0.25, 0.3) is 5.69 Å². The van der Waals surface area contributed by atoms with Crippen LogP contribution in [-0.4, -0.2) is 29.1 Å². The number of pyridine rings is 1. The highest BCUT2D eigenvalue weighted by Gasteiger charge is 2.16. The van der Waals surface area contributed by atoms with Gasteiger partial charge in [-0.25, -0.2) is 9.78 Å². The summed E-state index contributed by atoms with van der Waals surface area (Å²) in [5.41, 5.74) is -0.0886. The van der Waals surface area contributed by atoms with E-state index in [4.69, 9.17) is 25.8 Å². The quantitative estimate of drug-likeness (QED) is 0.247. The average molecular weight is 403 g/mol. The second-order valence-electron chi connectivity index (χ2n) is 5.55. The van der Waals surface area contributed by atoms with Crippen LogP contribution in [0.4, 0.5) is 5.69 Å². The summed E-state index contributed by atoms with van der Waals surface area (Å²) in [6, 6.07) is 12.5. The number of aromatic nitrogens is 1. The first kappa shape index (κ1) is 19.4. The van der Waals surface area contributed by atoms with Gasteiger partial charge in [-0.3, -0.25) is 10.1 Å². The molecule has 0 aliphatic carbocycles. The summed E-state index contributed by atoms with van der Waals surface area (Å²) < 4.78 is 15.9. The number of non-ortho nitro benzene ring substituents is 1. The minimum absolute atomic E-state index is 0.0752. The number of hydrogen-bond donors (Lipinski definition) is 0. The lowest BCUT2D eigenvalue weighted by molar-refractivity contribution is -0.383. The lowest BCUT2D eigenvalue weighted by Crippen LogP contribution is -2.14. The van der Waals surface area contributed by atoms with Crippen molar-refractivity contribution in [2.45, 2.75) is 6.92 Å². The molecular weight excluding hydrogens is 388 g/mol. The summed E-state index contributed by atoms with van der Waals surface area (Å²) in [4.78, 5) is 26.2. The summed E-state index contributed by atoms with van der Waals surface area (Å²) >= 11 is 6.01. The standard InChI is InChI=1S/C19H15ClN2O6/c1-2-26-18(23)11-27-12-6-8-13(9-7-12)28-19-14-4-3-5-16(22(24)25)15(14)10-17(20)21-19/h3-10H,2,11H2,1H3. The topological polar surface area (TPSA) is 101 Å². The van der Waals surface area contributed by atoms with Gasteiger partial charge in [-0.2, -0.15) is 0 Å². The number of hydrogen-bond acceptors (Lipinski definition) is 7. The molecule has 1 heterocycles. The van der Waals surface area contributed by atoms with Crippen LogP contribution in [0.25, 0.3) is 10.8 Å². The van der Waals surface area contributed by atoms with Crippen LogP contribution in [0, 0.1) is 10.1 Å². The van der Waals surface area contributed by atoms with E-state index in [-0.39, 0.29) is 29.9 Å². The van der Waals surface area contributed by atoms with E-state index in [9.17, 15) is 14.9 Å². The Morgan fingerprint density at radius 1 is 1.14 bits per heavy atom. The number of esters is 1. The van der Waals surface area contributed by atoms with Gasteiger partial charge in [-0.1, -0.05) is 17.7 Å². The summed E-state index contributed by atoms with van der Waals surface area (Å²) in [6.07, 6.45) is 0. The van der Waals surface area contributed by atoms with Crippen LogP contribution in [0.1, 0.15) is 6.92 Å². The van der Waals surface area contributed by atoms with Crippen molar-refractivity contribution in [3.8, 4) is 17.4 Å². The molecule has 0 aliphatic rings. The van der Waals surface area contributed by atoms with Crippen LogP contribution >= 0.6 is 11.6 Å². The average Bonchev–Trinajstić information content (AvgIpc) is 2.67. The molecule has 3 rings (SSSR count). The van der Waals surface area contributed by atoms with Crippen molar-refractivity contribution in [1.29, 1.82) is 0 Å². The molecule has 0 unspecified atom stereocenters. The van der Waals surface area contributed by atoms with Crippen molar-refractivity contribution in [2.75, 3.05) is 13.2 Å². The van der Waals surface area contributed by atoms with E-state index in [2.05, 4.69) is 4.98 Å². The smallest absolute Gasteiger partial charge is 0.344 e. The second kappa shape index (κ2) is 8.53. The Balaban J connectivity index is 1.82. The van der Waals surface area contributed by atoms with Crippen LogP contribution in [0.3, 0.4) is 0 Å². The molecule has 1 aromatic heterocycles. The Bertz CT molecular complexity index is 1020. The Hall–Kier alpha value is -3.39. The third kappa shape index (κ3) is 4.47. The first-order valence-electron chi connectivity index (χ1n) is 8.28. The molecule has 9 heteroatoms. The fourth-order valence-electron chi connectivity index (χ4n) is 2.50. The van der Waals surface area contributed by atoms with Crippen molar-refractivity contribution >= 4 is 34.0 Å². The van der Waals surface area contributed by atoms with Crippen LogP contribution in [0.2, 0.25) is 5.15 Å². The van der Waals surface area contributed by atoms with Crippen LogP contribution in [0.15, 0.2) is 48.5 Å². The fourth-order valence-corrected chi connectivity index (χ4v) is 2.68. The van der Waals surface area contributed by atoms with Crippen molar-refractivity contribution in [3.05, 3.63) is 63.8 Å². The molecule has 3 aromatic rings. The Labute approximate surface area is 164 Å². The van der Waals surface area contributed by atoms with E-state index in [1.54, 1.807) is 43.3 Å². The molecule has 8 nitrogen and oxygen atoms in total. The Morgan fingerprint density at radius 2 is 1.86 bits per heavy atom. The van der Waals surface area contributed by atoms with E-state index < -0.39 is 10.9 Å². The molecule has 2 aromatic carbocycles. The molecule has 0 fully saturated rings. The number of carbonyl (C=O) groups is 1. The molecule has 0 amide bonds. The van der Waals surface area contributed by atoms with E-state index in [1.807, 2.05) is 0 Å². The summed E-state index contributed by atoms with van der Waals surface area (Å²) in [7, 11) is 0. The maximum absolute atomic E-state index is 11.3. The van der Waals surface area contributed by atoms with Crippen LogP contribution in [0.5, 0.6) is 17.4 Å². The van der Waals surface area contributed by atoms with E-state index in [0.29, 0.717) is 22.3 Å². The zero-order valence-corrected chi connectivity index (χ0v) is 15.5. The molecule has 0 spiro atoms. The largest absolute Gasteiger partial charge is 0.482 e. The van der Waals surface area contributed by atoms with E-state index >= 15 is 0 Å². The first-order valence-corrected chi connectivity index (χ1v) is 8.65. The van der Waals surface area contributed by atoms with Gasteiger partial charge in [0, 0.05) is 6.07 Å². The number of ether oxygens (including phenoxy) is 3. The van der Waals surface area contributed by atoms with Crippen LogP contribution < -0.4 is 9.47 Å². The van der Waals surface area contributed by atoms with E-state index in [1.165, 1.54) is 12.1 Å². The number of halogens is 1. The Morgan fingerprint density at radius 3 is 2.54 bits per heavy atom. The summed E-state index contributed by atoms with van der Waals surface area (Å²) in [5.74, 6) is 0.566. The maximum Gasteiger partial charge on any atom is 0.344 e. The van der Waals surface area contributed by atoms with Crippen molar-refractivity contribution < 1.29 is 23.9 Å². The number of benzene rings is 2. The predicted molar refractivity (Wildman–Crippen MR) is 102 cm³/mol. The van der Waals surface area contributed by atoms with Gasteiger partial charge < -0.3 is 14.2 Å². The highest BCUT2D eigenvalue weighted by molar-refractivity contribution is 6.30. The monoisotopic (exact) mass is 402 g/mol. The van der Waals surface area contributed by atoms with Crippen molar-refractivity contribution in [3.63, 3.8) is 0 Å². The van der Waals surface area contributed by atoms with Gasteiger partial charge >= 0.3 is 5.97 Å². The zero-order chi connectivity index (χ0) is 20.1. The molecule has 144 valence electrons. The fraction of sp³-hybridized carbons (Fsp3) is 0.158. The number of rotatable bonds is 7. The normalized spacial score (nSPS) is 10.5. The zero-order valence-electron chi connectivity index (χ0n) is 14.8. The summed E-state index contributed by atoms with van der Waals surface area (Å²) in [6.45, 7) is 1.80. The van der Waals surface area contributed by atoms with Crippen molar-refractivity contribution in [2.24, 2.45) is 0 Å². The maximum atomic E-state index is 11.3. The molecule has 0 radical (unpaired) electrons. The van der Waals surface area contributed by atoms with Gasteiger partial charge in [0.1, 0.15) is 16.7 Å². The van der Waals surface area contributed by atoms with Crippen LogP contribution in [-0.2, 0) is 9.53 Å². The highest BCUT2D eigenvalue weighted by Crippen LogP contribution is 2.35. The highest BCUT2D eigenvalue weighted by atomic mass is 35.5. The number of nitrogens with zero attached hydrogens (tertiary/aromatic N) is 2. The third-order valence-electron chi connectivity index (χ3n) is 3.68. The molecule has 0 bridgehead atoms. The number of nitro groups is 1. The second-order valence-corrected chi connectivity index (χ2v) is 5.93. The first-order chi connectivity index (χ1) is 13.5. The number of nitro benzene ring substituents is 1. The predicted octanol–water partition coefficient (Wildman–Crippen LogP) is 4.53. The molecule has 0 N–H and O–H groups in total. The van der Waals surface area contributed by atoms with E-state index in [0.717, 1.165) is 0 Å². The van der Waals surface area contributed by atoms with Gasteiger partial charge in [0.05, 0.1) is 22.3 Å². The lowest BCUT2D eigenvalue weighted by atomic mass is 10.1. The third-order valence-corrected chi connectivity index (χ3v) is 3.88. The SMILES string of the molecule is CCOC(=O)COc1ccc(Oc2nc(Cl)cc3c([N+](=O)[O-])cccc23)cc1. The molecular formula is C19H15ClN2O6. The lowest BCUT2D eigenvalue weighted by Gasteiger charge is -2.10. The van der Waals surface area contributed by atoms with Gasteiger partial charge in [-0.15, -0.1) is 0 Å². The van der Waals surface area contributed by atoms with Crippen molar-refractivity contribution in [1.82, 2.24) is 4.98 Å².